The van der Waals surface area contributed by atoms with Gasteiger partial charge in [-0.05, 0) is 19.4 Å². The SMILES string of the molecule is [CH]1CNC2NCCCC2O1. The zero-order valence-electron chi connectivity index (χ0n) is 5.97. The van der Waals surface area contributed by atoms with Crippen LogP contribution in [0.1, 0.15) is 12.8 Å². The summed E-state index contributed by atoms with van der Waals surface area (Å²) in [6.45, 7) is 3.85. The van der Waals surface area contributed by atoms with Crippen LogP contribution < -0.4 is 10.6 Å². The lowest BCUT2D eigenvalue weighted by atomic mass is 10.1. The van der Waals surface area contributed by atoms with Gasteiger partial charge in [-0.25, -0.2) is 0 Å². The van der Waals surface area contributed by atoms with E-state index in [9.17, 15) is 0 Å². The van der Waals surface area contributed by atoms with Crippen LogP contribution in [-0.4, -0.2) is 25.4 Å². The Morgan fingerprint density at radius 2 is 2.40 bits per heavy atom. The molecule has 0 saturated carbocycles. The van der Waals surface area contributed by atoms with E-state index >= 15 is 0 Å². The largest absolute Gasteiger partial charge is 0.368 e. The maximum atomic E-state index is 5.43. The molecule has 2 aliphatic rings. The first-order chi connectivity index (χ1) is 4.97. The van der Waals surface area contributed by atoms with Crippen LogP contribution in [0.25, 0.3) is 0 Å². The first kappa shape index (κ1) is 6.58. The van der Waals surface area contributed by atoms with E-state index in [0.29, 0.717) is 12.3 Å². The maximum absolute atomic E-state index is 5.43. The fourth-order valence-corrected chi connectivity index (χ4v) is 1.56. The third-order valence-electron chi connectivity index (χ3n) is 2.09. The number of piperidine rings is 1. The summed E-state index contributed by atoms with van der Waals surface area (Å²) in [7, 11) is 0. The first-order valence-electron chi connectivity index (χ1n) is 3.91. The second kappa shape index (κ2) is 2.86. The zero-order chi connectivity index (χ0) is 6.81. The predicted octanol–water partition coefficient (Wildman–Crippen LogP) is -0.154. The minimum atomic E-state index is 0.377. The molecule has 2 saturated heterocycles. The lowest BCUT2D eigenvalue weighted by Gasteiger charge is -2.36. The van der Waals surface area contributed by atoms with Crippen molar-refractivity contribution in [1.82, 2.24) is 10.6 Å². The molecule has 2 aliphatic heterocycles. The monoisotopic (exact) mass is 141 g/mol. The fraction of sp³-hybridized carbons (Fsp3) is 0.857. The molecule has 1 radical (unpaired) electrons. The highest BCUT2D eigenvalue weighted by Gasteiger charge is 2.27. The van der Waals surface area contributed by atoms with E-state index in [1.165, 1.54) is 12.8 Å². The lowest BCUT2D eigenvalue weighted by molar-refractivity contribution is 0.00738. The first-order valence-corrected chi connectivity index (χ1v) is 3.91. The molecule has 57 valence electrons. The van der Waals surface area contributed by atoms with Crippen molar-refractivity contribution in [2.75, 3.05) is 13.1 Å². The van der Waals surface area contributed by atoms with Gasteiger partial charge in [-0.1, -0.05) is 0 Å². The zero-order valence-corrected chi connectivity index (χ0v) is 5.97. The predicted molar refractivity (Wildman–Crippen MR) is 38.2 cm³/mol. The number of hydrogen-bond acceptors (Lipinski definition) is 3. The highest BCUT2D eigenvalue weighted by molar-refractivity contribution is 4.85. The van der Waals surface area contributed by atoms with Crippen LogP contribution in [0, 0.1) is 6.61 Å². The van der Waals surface area contributed by atoms with Crippen LogP contribution in [0.4, 0.5) is 0 Å². The van der Waals surface area contributed by atoms with Crippen molar-refractivity contribution in [3.05, 3.63) is 6.61 Å². The number of nitrogens with one attached hydrogen (secondary N) is 2. The van der Waals surface area contributed by atoms with E-state index in [2.05, 4.69) is 10.6 Å². The van der Waals surface area contributed by atoms with E-state index in [-0.39, 0.29) is 0 Å². The summed E-state index contributed by atoms with van der Waals surface area (Å²) >= 11 is 0. The quantitative estimate of drug-likeness (QED) is 0.492. The van der Waals surface area contributed by atoms with Crippen molar-refractivity contribution >= 4 is 0 Å². The van der Waals surface area contributed by atoms with Crippen molar-refractivity contribution in [3.63, 3.8) is 0 Å². The Balaban J connectivity index is 1.93. The molecule has 0 spiro atoms. The summed E-state index contributed by atoms with van der Waals surface area (Å²) in [6.07, 6.45) is 3.19. The van der Waals surface area contributed by atoms with E-state index < -0.39 is 0 Å². The van der Waals surface area contributed by atoms with Gasteiger partial charge in [0, 0.05) is 6.54 Å². The van der Waals surface area contributed by atoms with E-state index in [4.69, 9.17) is 4.74 Å². The molecule has 3 nitrogen and oxygen atoms in total. The third kappa shape index (κ3) is 1.17. The smallest absolute Gasteiger partial charge is 0.0979 e. The molecule has 2 unspecified atom stereocenters. The van der Waals surface area contributed by atoms with Gasteiger partial charge in [0.25, 0.3) is 0 Å². The Hall–Kier alpha value is -0.120. The highest BCUT2D eigenvalue weighted by Crippen LogP contribution is 2.14. The molecule has 10 heavy (non-hydrogen) atoms. The van der Waals surface area contributed by atoms with Gasteiger partial charge in [-0.3, -0.25) is 10.6 Å². The molecule has 0 bridgehead atoms. The van der Waals surface area contributed by atoms with Gasteiger partial charge in [-0.15, -0.1) is 0 Å². The van der Waals surface area contributed by atoms with Crippen molar-refractivity contribution in [1.29, 1.82) is 0 Å². The number of fused-ring (bicyclic) bond motifs is 1. The summed E-state index contributed by atoms with van der Waals surface area (Å²) < 4.78 is 5.43. The molecule has 0 aromatic heterocycles. The van der Waals surface area contributed by atoms with E-state index in [1.54, 1.807) is 0 Å². The van der Waals surface area contributed by atoms with Crippen molar-refractivity contribution in [2.45, 2.75) is 25.1 Å². The minimum Gasteiger partial charge on any atom is -0.368 e. The van der Waals surface area contributed by atoms with Crippen molar-refractivity contribution in [3.8, 4) is 0 Å². The van der Waals surface area contributed by atoms with Crippen LogP contribution in [0.15, 0.2) is 0 Å². The van der Waals surface area contributed by atoms with Crippen LogP contribution in [-0.2, 0) is 4.74 Å². The average molecular weight is 141 g/mol. The van der Waals surface area contributed by atoms with E-state index in [1.807, 2.05) is 6.61 Å². The molecular formula is C7H13N2O. The molecule has 0 amide bonds. The third-order valence-corrected chi connectivity index (χ3v) is 2.09. The Morgan fingerprint density at radius 3 is 3.30 bits per heavy atom. The van der Waals surface area contributed by atoms with Gasteiger partial charge in [0.05, 0.1) is 18.9 Å². The number of ether oxygens (including phenoxy) is 1. The van der Waals surface area contributed by atoms with Gasteiger partial charge in [-0.2, -0.15) is 0 Å². The molecule has 3 heteroatoms. The summed E-state index contributed by atoms with van der Waals surface area (Å²) in [6, 6.07) is 0. The van der Waals surface area contributed by atoms with Crippen molar-refractivity contribution in [2.24, 2.45) is 0 Å². The summed E-state index contributed by atoms with van der Waals surface area (Å²) in [5.41, 5.74) is 0. The van der Waals surface area contributed by atoms with Crippen molar-refractivity contribution < 1.29 is 4.74 Å². The van der Waals surface area contributed by atoms with Gasteiger partial charge >= 0.3 is 0 Å². The molecule has 0 aromatic rings. The Labute approximate surface area is 61.1 Å². The molecule has 0 aromatic carbocycles. The standard InChI is InChI=1S/C7H13N2O/c1-2-6-7(8-3-1)9-4-5-10-6/h5-9H,1-4H2. The number of rotatable bonds is 0. The molecule has 2 heterocycles. The van der Waals surface area contributed by atoms with E-state index in [0.717, 1.165) is 13.1 Å². The normalized spacial score (nSPS) is 40.8. The lowest BCUT2D eigenvalue weighted by Crippen LogP contribution is -2.57. The number of hydrogen-bond donors (Lipinski definition) is 2. The van der Waals surface area contributed by atoms with Gasteiger partial charge < -0.3 is 4.74 Å². The Kier molecular flexibility index (Phi) is 1.88. The number of morpholine rings is 1. The summed E-state index contributed by atoms with van der Waals surface area (Å²) in [5, 5.41) is 6.69. The Bertz CT molecular complexity index is 92.2. The summed E-state index contributed by atoms with van der Waals surface area (Å²) in [4.78, 5) is 0. The maximum Gasteiger partial charge on any atom is 0.0979 e. The topological polar surface area (TPSA) is 33.3 Å². The second-order valence-corrected chi connectivity index (χ2v) is 2.82. The summed E-state index contributed by atoms with van der Waals surface area (Å²) in [5.74, 6) is 0. The molecule has 2 rings (SSSR count). The second-order valence-electron chi connectivity index (χ2n) is 2.82. The molecule has 2 atom stereocenters. The van der Waals surface area contributed by atoms with Gasteiger partial charge in [0.15, 0.2) is 0 Å². The van der Waals surface area contributed by atoms with Gasteiger partial charge in [0.2, 0.25) is 0 Å². The molecule has 2 fully saturated rings. The Morgan fingerprint density at radius 1 is 1.40 bits per heavy atom. The average Bonchev–Trinajstić information content (AvgIpc) is 2.05. The van der Waals surface area contributed by atoms with Gasteiger partial charge in [0.1, 0.15) is 0 Å². The van der Waals surface area contributed by atoms with Crippen LogP contribution in [0.5, 0.6) is 0 Å². The van der Waals surface area contributed by atoms with Crippen LogP contribution in [0.3, 0.4) is 0 Å². The van der Waals surface area contributed by atoms with Crippen LogP contribution in [0.2, 0.25) is 0 Å². The fourth-order valence-electron chi connectivity index (χ4n) is 1.56. The molecule has 2 N–H and O–H groups in total. The minimum absolute atomic E-state index is 0.377. The highest BCUT2D eigenvalue weighted by atomic mass is 16.5. The molecule has 0 aliphatic carbocycles. The molecular weight excluding hydrogens is 128 g/mol. The van der Waals surface area contributed by atoms with Crippen LogP contribution >= 0.6 is 0 Å².